The molecule has 1 spiro atoms. The van der Waals surface area contributed by atoms with E-state index in [1.54, 1.807) is 18.2 Å². The normalized spacial score (nSPS) is 20.2. The Balaban J connectivity index is 1.85. The van der Waals surface area contributed by atoms with E-state index in [0.29, 0.717) is 11.2 Å². The van der Waals surface area contributed by atoms with E-state index in [1.165, 1.54) is 20.2 Å². The minimum absolute atomic E-state index is 0.0137. The van der Waals surface area contributed by atoms with E-state index in [4.69, 9.17) is 4.74 Å². The lowest BCUT2D eigenvalue weighted by Gasteiger charge is -2.53. The molecular formula is C17H23N3O3. The first-order valence-electron chi connectivity index (χ1n) is 7.90. The number of ether oxygens (including phenoxy) is 1. The lowest BCUT2D eigenvalue weighted by atomic mass is 9.72. The van der Waals surface area contributed by atoms with Gasteiger partial charge in [0, 0.05) is 49.6 Å². The second-order valence-corrected chi connectivity index (χ2v) is 6.70. The molecule has 0 N–H and O–H groups in total. The van der Waals surface area contributed by atoms with Gasteiger partial charge in [-0.3, -0.25) is 10.1 Å². The number of nitrogens with zero attached hydrogens (tertiary/aromatic N) is 3. The van der Waals surface area contributed by atoms with Gasteiger partial charge >= 0.3 is 5.69 Å². The lowest BCUT2D eigenvalue weighted by molar-refractivity contribution is -0.385. The predicted octanol–water partition coefficient (Wildman–Crippen LogP) is 2.78. The van der Waals surface area contributed by atoms with Crippen molar-refractivity contribution in [3.05, 3.63) is 34.4 Å². The Morgan fingerprint density at radius 1 is 1.35 bits per heavy atom. The maximum absolute atomic E-state index is 11.2. The summed E-state index contributed by atoms with van der Waals surface area (Å²) in [6.07, 6.45) is 4.00. The molecule has 6 heteroatoms. The third kappa shape index (κ3) is 2.79. The molecule has 0 aromatic heterocycles. The van der Waals surface area contributed by atoms with E-state index in [1.807, 2.05) is 0 Å². The third-order valence-electron chi connectivity index (χ3n) is 5.12. The van der Waals surface area contributed by atoms with Gasteiger partial charge in [0.15, 0.2) is 5.75 Å². The zero-order valence-electron chi connectivity index (χ0n) is 13.7. The number of benzene rings is 1. The fourth-order valence-electron chi connectivity index (χ4n) is 3.95. The van der Waals surface area contributed by atoms with Crippen LogP contribution in [-0.4, -0.2) is 50.2 Å². The predicted molar refractivity (Wildman–Crippen MR) is 91.1 cm³/mol. The van der Waals surface area contributed by atoms with Crippen LogP contribution < -0.4 is 9.64 Å². The van der Waals surface area contributed by atoms with Gasteiger partial charge < -0.3 is 14.5 Å². The lowest BCUT2D eigenvalue weighted by Crippen LogP contribution is -2.58. The number of anilines is 1. The number of nitro benzene ring substituents is 1. The summed E-state index contributed by atoms with van der Waals surface area (Å²) in [6, 6.07) is 3.34. The van der Waals surface area contributed by atoms with E-state index in [-0.39, 0.29) is 5.69 Å². The van der Waals surface area contributed by atoms with Crippen molar-refractivity contribution in [3.8, 4) is 5.75 Å². The molecule has 1 aromatic rings. The summed E-state index contributed by atoms with van der Waals surface area (Å²) >= 11 is 0. The molecule has 1 aromatic carbocycles. The van der Waals surface area contributed by atoms with Crippen molar-refractivity contribution in [1.82, 2.24) is 4.90 Å². The number of hydrogen-bond donors (Lipinski definition) is 0. The Labute approximate surface area is 136 Å². The maximum atomic E-state index is 11.2. The van der Waals surface area contributed by atoms with Gasteiger partial charge in [-0.2, -0.15) is 0 Å². The average molecular weight is 317 g/mol. The molecule has 0 amide bonds. The summed E-state index contributed by atoms with van der Waals surface area (Å²) in [5.74, 6) is 0.305. The quantitative estimate of drug-likeness (QED) is 0.631. The molecule has 0 saturated carbocycles. The van der Waals surface area contributed by atoms with E-state index in [0.717, 1.165) is 37.2 Å². The van der Waals surface area contributed by atoms with E-state index in [9.17, 15) is 10.1 Å². The zero-order chi connectivity index (χ0) is 16.6. The third-order valence-corrected chi connectivity index (χ3v) is 5.12. The highest BCUT2D eigenvalue weighted by molar-refractivity contribution is 5.73. The van der Waals surface area contributed by atoms with Crippen LogP contribution in [0.4, 0.5) is 11.4 Å². The van der Waals surface area contributed by atoms with Crippen molar-refractivity contribution >= 4 is 17.5 Å². The fourth-order valence-corrected chi connectivity index (χ4v) is 3.95. The number of nitro groups is 1. The molecule has 0 bridgehead atoms. The number of methoxy groups -OCH3 is 1. The zero-order valence-corrected chi connectivity index (χ0v) is 13.7. The molecule has 0 aliphatic carbocycles. The Kier molecular flexibility index (Phi) is 4.02. The standard InChI is InChI=1S/C17H23N3O3/c1-4-13-9-15(20(21)22)16(23-3)10-14(13)19-7-5-17(6-8-19)11-18(2)12-17/h4,9-10H,1,5-8,11-12H2,2-3H3. The van der Waals surface area contributed by atoms with Crippen molar-refractivity contribution in [1.29, 1.82) is 0 Å². The Morgan fingerprint density at radius 2 is 2.00 bits per heavy atom. The maximum Gasteiger partial charge on any atom is 0.311 e. The fraction of sp³-hybridized carbons (Fsp3) is 0.529. The summed E-state index contributed by atoms with van der Waals surface area (Å²) in [4.78, 5) is 15.4. The van der Waals surface area contributed by atoms with Gasteiger partial charge in [0.05, 0.1) is 12.0 Å². The van der Waals surface area contributed by atoms with Gasteiger partial charge in [-0.1, -0.05) is 12.7 Å². The highest BCUT2D eigenvalue weighted by atomic mass is 16.6. The van der Waals surface area contributed by atoms with Gasteiger partial charge in [0.25, 0.3) is 0 Å². The minimum atomic E-state index is -0.412. The Morgan fingerprint density at radius 3 is 2.48 bits per heavy atom. The molecule has 23 heavy (non-hydrogen) atoms. The summed E-state index contributed by atoms with van der Waals surface area (Å²) in [5.41, 5.74) is 2.23. The topological polar surface area (TPSA) is 58.9 Å². The summed E-state index contributed by atoms with van der Waals surface area (Å²) in [5, 5.41) is 11.2. The first kappa shape index (κ1) is 15.8. The molecule has 2 aliphatic rings. The van der Waals surface area contributed by atoms with Crippen LogP contribution in [0.3, 0.4) is 0 Å². The first-order chi connectivity index (χ1) is 11.0. The molecule has 2 heterocycles. The molecule has 2 saturated heterocycles. The van der Waals surface area contributed by atoms with Crippen LogP contribution in [0.25, 0.3) is 6.08 Å². The van der Waals surface area contributed by atoms with Gasteiger partial charge in [-0.25, -0.2) is 0 Å². The van der Waals surface area contributed by atoms with Crippen LogP contribution in [0.15, 0.2) is 18.7 Å². The van der Waals surface area contributed by atoms with Gasteiger partial charge in [0.1, 0.15) is 0 Å². The van der Waals surface area contributed by atoms with E-state index >= 15 is 0 Å². The van der Waals surface area contributed by atoms with Crippen LogP contribution >= 0.6 is 0 Å². The number of rotatable bonds is 4. The van der Waals surface area contributed by atoms with Crippen molar-refractivity contribution in [2.75, 3.05) is 45.2 Å². The number of likely N-dealkylation sites (tertiary alicyclic amines) is 1. The molecule has 124 valence electrons. The Bertz CT molecular complexity index is 628. The van der Waals surface area contributed by atoms with Crippen LogP contribution in [0.2, 0.25) is 0 Å². The largest absolute Gasteiger partial charge is 0.490 e. The Hall–Kier alpha value is -2.08. The molecule has 0 atom stereocenters. The van der Waals surface area contributed by atoms with Crippen LogP contribution in [0.1, 0.15) is 18.4 Å². The summed E-state index contributed by atoms with van der Waals surface area (Å²) in [6.45, 7) is 8.11. The van der Waals surface area contributed by atoms with Crippen molar-refractivity contribution in [3.63, 3.8) is 0 Å². The SMILES string of the molecule is C=Cc1cc([N+](=O)[O-])c(OC)cc1N1CCC2(CC1)CN(C)C2. The molecular weight excluding hydrogens is 294 g/mol. The van der Waals surface area contributed by atoms with Crippen LogP contribution in [-0.2, 0) is 0 Å². The highest BCUT2D eigenvalue weighted by Crippen LogP contribution is 2.42. The summed E-state index contributed by atoms with van der Waals surface area (Å²) in [7, 11) is 3.63. The van der Waals surface area contributed by atoms with Crippen LogP contribution in [0, 0.1) is 15.5 Å². The molecule has 0 unspecified atom stereocenters. The van der Waals surface area contributed by atoms with Crippen molar-refractivity contribution in [2.45, 2.75) is 12.8 Å². The van der Waals surface area contributed by atoms with Gasteiger partial charge in [-0.05, 0) is 25.3 Å². The number of hydrogen-bond acceptors (Lipinski definition) is 5. The monoisotopic (exact) mass is 317 g/mol. The second kappa shape index (κ2) is 5.85. The minimum Gasteiger partial charge on any atom is -0.490 e. The van der Waals surface area contributed by atoms with Gasteiger partial charge in [-0.15, -0.1) is 0 Å². The average Bonchev–Trinajstić information content (AvgIpc) is 2.53. The van der Waals surface area contributed by atoms with E-state index in [2.05, 4.69) is 23.4 Å². The summed E-state index contributed by atoms with van der Waals surface area (Å²) < 4.78 is 5.22. The number of piperidine rings is 1. The molecule has 6 nitrogen and oxygen atoms in total. The smallest absolute Gasteiger partial charge is 0.311 e. The molecule has 3 rings (SSSR count). The highest BCUT2D eigenvalue weighted by Gasteiger charge is 2.43. The van der Waals surface area contributed by atoms with Gasteiger partial charge in [0.2, 0.25) is 0 Å². The van der Waals surface area contributed by atoms with E-state index < -0.39 is 4.92 Å². The molecule has 2 fully saturated rings. The molecule has 2 aliphatic heterocycles. The molecule has 0 radical (unpaired) electrons. The second-order valence-electron chi connectivity index (χ2n) is 6.70. The van der Waals surface area contributed by atoms with Crippen molar-refractivity contribution in [2.24, 2.45) is 5.41 Å². The first-order valence-corrected chi connectivity index (χ1v) is 7.90. The van der Waals surface area contributed by atoms with Crippen LogP contribution in [0.5, 0.6) is 5.75 Å². The van der Waals surface area contributed by atoms with Crippen molar-refractivity contribution < 1.29 is 9.66 Å².